The van der Waals surface area contributed by atoms with Crippen molar-refractivity contribution in [3.05, 3.63) is 82.7 Å². The summed E-state index contributed by atoms with van der Waals surface area (Å²) in [6, 6.07) is 6.45. The Labute approximate surface area is 175 Å². The Balaban J connectivity index is 0.000000330. The second-order valence-electron chi connectivity index (χ2n) is 6.02. The molecule has 2 aliphatic heterocycles. The largest absolute Gasteiger partial charge is 0.662 e. The van der Waals surface area contributed by atoms with E-state index >= 15 is 0 Å². The first-order chi connectivity index (χ1) is 11.7. The SMILES string of the molecule is C=CC1=C(C=C)[C@H](c2ccc(F)cc2)[N-]CC1.NCC1CC[N-]C1.[Y]. The summed E-state index contributed by atoms with van der Waals surface area (Å²) in [5.74, 6) is 0.484. The Morgan fingerprint density at radius 2 is 1.88 bits per heavy atom. The van der Waals surface area contributed by atoms with E-state index in [0.717, 1.165) is 43.7 Å². The number of halogens is 1. The van der Waals surface area contributed by atoms with E-state index in [9.17, 15) is 4.39 Å². The Kier molecular flexibility index (Phi) is 10.6. The van der Waals surface area contributed by atoms with Crippen LogP contribution in [0.5, 0.6) is 0 Å². The average molecular weight is 416 g/mol. The van der Waals surface area contributed by atoms with E-state index in [1.807, 2.05) is 12.2 Å². The molecule has 0 amide bonds. The number of benzene rings is 1. The summed E-state index contributed by atoms with van der Waals surface area (Å²) in [6.07, 6.45) is 5.81. The van der Waals surface area contributed by atoms with Gasteiger partial charge in [0.25, 0.3) is 0 Å². The van der Waals surface area contributed by atoms with Gasteiger partial charge in [0.2, 0.25) is 0 Å². The molecule has 1 fully saturated rings. The van der Waals surface area contributed by atoms with Crippen molar-refractivity contribution < 1.29 is 37.1 Å². The molecule has 3 nitrogen and oxygen atoms in total. The molecule has 5 heteroatoms. The fourth-order valence-corrected chi connectivity index (χ4v) is 2.96. The van der Waals surface area contributed by atoms with Gasteiger partial charge in [-0.15, -0.1) is 19.6 Å². The predicted octanol–water partition coefficient (Wildman–Crippen LogP) is 4.65. The van der Waals surface area contributed by atoms with Crippen LogP contribution in [-0.2, 0) is 32.7 Å². The number of rotatable bonds is 4. The van der Waals surface area contributed by atoms with Gasteiger partial charge < -0.3 is 16.4 Å². The molecule has 0 spiro atoms. The molecule has 1 unspecified atom stereocenters. The van der Waals surface area contributed by atoms with Crippen LogP contribution in [0.4, 0.5) is 4.39 Å². The Morgan fingerprint density at radius 3 is 2.36 bits per heavy atom. The topological polar surface area (TPSA) is 54.2 Å². The maximum atomic E-state index is 12.9. The first kappa shape index (κ1) is 22.4. The molecule has 2 atom stereocenters. The van der Waals surface area contributed by atoms with Crippen molar-refractivity contribution in [2.75, 3.05) is 26.2 Å². The molecule has 1 aromatic carbocycles. The van der Waals surface area contributed by atoms with E-state index in [0.29, 0.717) is 5.92 Å². The van der Waals surface area contributed by atoms with Gasteiger partial charge in [-0.3, -0.25) is 0 Å². The summed E-state index contributed by atoms with van der Waals surface area (Å²) in [6.45, 7) is 11.3. The standard InChI is InChI=1S/C15H15FN.C5H11N2.Y/c1-3-11-9-10-17-15(14(11)4-2)12-5-7-13(16)8-6-12;6-3-5-1-2-7-4-5;/h3-8,15H,1-2,9-10H2;5H,1-4,6H2;/q2*-1;/t15-;;/m0../s1. The van der Waals surface area contributed by atoms with Gasteiger partial charge in [-0.1, -0.05) is 61.0 Å². The molecule has 2 aliphatic rings. The minimum absolute atomic E-state index is 0. The third-order valence-corrected chi connectivity index (χ3v) is 4.43. The summed E-state index contributed by atoms with van der Waals surface area (Å²) in [5, 5.41) is 8.74. The van der Waals surface area contributed by atoms with Gasteiger partial charge in [0, 0.05) is 32.7 Å². The van der Waals surface area contributed by atoms with E-state index in [-0.39, 0.29) is 44.6 Å². The predicted molar refractivity (Wildman–Crippen MR) is 99.7 cm³/mol. The molecule has 1 aromatic rings. The van der Waals surface area contributed by atoms with Crippen LogP contribution in [0, 0.1) is 11.7 Å². The van der Waals surface area contributed by atoms with E-state index in [2.05, 4.69) is 23.8 Å². The first-order valence-electron chi connectivity index (χ1n) is 8.42. The van der Waals surface area contributed by atoms with Crippen LogP contribution in [0.15, 0.2) is 60.7 Å². The fourth-order valence-electron chi connectivity index (χ4n) is 2.96. The quantitative estimate of drug-likeness (QED) is 0.764. The van der Waals surface area contributed by atoms with Crippen LogP contribution in [0.25, 0.3) is 10.6 Å². The molecular formula is C20H26FN3Y-2. The second-order valence-corrected chi connectivity index (χ2v) is 6.02. The van der Waals surface area contributed by atoms with Crippen molar-refractivity contribution in [1.82, 2.24) is 0 Å². The Morgan fingerprint density at radius 1 is 1.16 bits per heavy atom. The third kappa shape index (κ3) is 6.54. The van der Waals surface area contributed by atoms with E-state index in [1.54, 1.807) is 12.1 Å². The summed E-state index contributed by atoms with van der Waals surface area (Å²) in [4.78, 5) is 0. The van der Waals surface area contributed by atoms with Crippen molar-refractivity contribution in [1.29, 1.82) is 0 Å². The Bertz CT molecular complexity index is 577. The van der Waals surface area contributed by atoms with E-state index in [4.69, 9.17) is 5.73 Å². The fraction of sp³-hybridized carbons (Fsp3) is 0.400. The molecule has 0 saturated carbocycles. The number of hydrogen-bond acceptors (Lipinski definition) is 1. The molecule has 2 N–H and O–H groups in total. The maximum absolute atomic E-state index is 12.9. The van der Waals surface area contributed by atoms with Crippen LogP contribution < -0.4 is 5.73 Å². The number of hydrogen-bond donors (Lipinski definition) is 1. The third-order valence-electron chi connectivity index (χ3n) is 4.43. The molecule has 25 heavy (non-hydrogen) atoms. The molecule has 2 heterocycles. The van der Waals surface area contributed by atoms with Gasteiger partial charge >= 0.3 is 0 Å². The maximum Gasteiger partial charge on any atom is 0.123 e. The summed E-state index contributed by atoms with van der Waals surface area (Å²) in [7, 11) is 0. The second kappa shape index (κ2) is 11.9. The van der Waals surface area contributed by atoms with Crippen LogP contribution in [0.1, 0.15) is 24.4 Å². The molecule has 0 bridgehead atoms. The summed E-state index contributed by atoms with van der Waals surface area (Å²) in [5.41, 5.74) is 8.64. The molecule has 1 saturated heterocycles. The van der Waals surface area contributed by atoms with Gasteiger partial charge in [-0.2, -0.15) is 0 Å². The first-order valence-corrected chi connectivity index (χ1v) is 8.42. The van der Waals surface area contributed by atoms with Crippen LogP contribution in [0.2, 0.25) is 0 Å². The number of nitrogens with two attached hydrogens (primary N) is 1. The molecule has 133 valence electrons. The van der Waals surface area contributed by atoms with E-state index in [1.165, 1.54) is 24.1 Å². The zero-order valence-corrected chi connectivity index (χ0v) is 17.5. The minimum atomic E-state index is -0.224. The molecule has 0 aliphatic carbocycles. The molecular weight excluding hydrogens is 390 g/mol. The van der Waals surface area contributed by atoms with Gasteiger partial charge in [-0.25, -0.2) is 4.39 Å². The summed E-state index contributed by atoms with van der Waals surface area (Å²) < 4.78 is 12.9. The molecule has 0 aromatic heterocycles. The summed E-state index contributed by atoms with van der Waals surface area (Å²) >= 11 is 0. The van der Waals surface area contributed by atoms with Crippen molar-refractivity contribution in [2.45, 2.75) is 18.9 Å². The number of allylic oxidation sites excluding steroid dienone is 1. The zero-order chi connectivity index (χ0) is 17.4. The van der Waals surface area contributed by atoms with Gasteiger partial charge in [0.05, 0.1) is 0 Å². The molecule has 1 radical (unpaired) electrons. The van der Waals surface area contributed by atoms with Crippen LogP contribution >= 0.6 is 0 Å². The van der Waals surface area contributed by atoms with Crippen molar-refractivity contribution in [2.24, 2.45) is 11.7 Å². The van der Waals surface area contributed by atoms with Crippen molar-refractivity contribution in [3.8, 4) is 0 Å². The van der Waals surface area contributed by atoms with Gasteiger partial charge in [0.15, 0.2) is 0 Å². The van der Waals surface area contributed by atoms with Crippen LogP contribution in [0.3, 0.4) is 0 Å². The smallest absolute Gasteiger partial charge is 0.123 e. The molecule has 3 rings (SSSR count). The van der Waals surface area contributed by atoms with Crippen molar-refractivity contribution in [3.63, 3.8) is 0 Å². The normalized spacial score (nSPS) is 22.5. The van der Waals surface area contributed by atoms with E-state index < -0.39 is 0 Å². The van der Waals surface area contributed by atoms with Crippen LogP contribution in [-0.4, -0.2) is 26.2 Å². The van der Waals surface area contributed by atoms with Crippen molar-refractivity contribution >= 4 is 0 Å². The minimum Gasteiger partial charge on any atom is -0.662 e. The average Bonchev–Trinajstić information content (AvgIpc) is 3.16. The monoisotopic (exact) mass is 416 g/mol. The zero-order valence-electron chi connectivity index (χ0n) is 14.7. The number of nitrogens with zero attached hydrogens (tertiary/aromatic N) is 2. The Hall–Kier alpha value is -0.646. The van der Waals surface area contributed by atoms with Gasteiger partial charge in [0.1, 0.15) is 5.82 Å². The van der Waals surface area contributed by atoms with Gasteiger partial charge in [-0.05, 0) is 36.6 Å².